The fourth-order valence-corrected chi connectivity index (χ4v) is 4.82. The Kier molecular flexibility index (Phi) is 10.6. The number of rotatable bonds is 14. The number of carbonyl (C=O) groups is 5. The number of guanidine groups is 1. The van der Waals surface area contributed by atoms with Crippen molar-refractivity contribution in [1.82, 2.24) is 20.5 Å². The molecule has 12 N–H and O–H groups in total. The van der Waals surface area contributed by atoms with E-state index in [4.69, 9.17) is 22.9 Å². The van der Waals surface area contributed by atoms with Gasteiger partial charge in [0.15, 0.2) is 5.96 Å². The number of nitrogens with zero attached hydrogens (tertiary/aromatic N) is 2. The molecule has 15 nitrogen and oxygen atoms in total. The van der Waals surface area contributed by atoms with Gasteiger partial charge in [0.25, 0.3) is 0 Å². The van der Waals surface area contributed by atoms with Crippen LogP contribution >= 0.6 is 0 Å². The Bertz CT molecular complexity index is 1310. The summed E-state index contributed by atoms with van der Waals surface area (Å²) in [6.45, 7) is 0.508. The summed E-state index contributed by atoms with van der Waals surface area (Å²) in [7, 11) is 0. The molecule has 0 aliphatic carbocycles. The molecule has 2 aromatic rings. The first-order chi connectivity index (χ1) is 19.5. The number of para-hydroxylation sites is 1. The van der Waals surface area contributed by atoms with Crippen molar-refractivity contribution in [3.05, 3.63) is 36.0 Å². The van der Waals surface area contributed by atoms with Gasteiger partial charge in [-0.3, -0.25) is 24.2 Å². The molecular formula is C26H37N9O6. The van der Waals surface area contributed by atoms with Crippen molar-refractivity contribution in [2.24, 2.45) is 27.9 Å². The molecule has 41 heavy (non-hydrogen) atoms. The number of aliphatic imine (C=N–C) groups is 1. The molecule has 4 atom stereocenters. The Morgan fingerprint density at radius 1 is 1.10 bits per heavy atom. The Morgan fingerprint density at radius 2 is 1.83 bits per heavy atom. The first-order valence-corrected chi connectivity index (χ1v) is 13.3. The summed E-state index contributed by atoms with van der Waals surface area (Å²) in [4.78, 5) is 71.1. The summed E-state index contributed by atoms with van der Waals surface area (Å²) in [5, 5.41) is 15.3. The number of likely N-dealkylation sites (tertiary alicyclic amines) is 1. The maximum atomic E-state index is 13.9. The lowest BCUT2D eigenvalue weighted by atomic mass is 10.0. The first-order valence-electron chi connectivity index (χ1n) is 13.3. The predicted octanol–water partition coefficient (Wildman–Crippen LogP) is -1.99. The number of aromatic amines is 1. The van der Waals surface area contributed by atoms with Gasteiger partial charge in [0.2, 0.25) is 23.6 Å². The first kappa shape index (κ1) is 30.9. The number of hydrogen-bond donors (Lipinski definition) is 8. The van der Waals surface area contributed by atoms with Crippen molar-refractivity contribution in [3.8, 4) is 0 Å². The Hall–Kier alpha value is -4.66. The zero-order valence-corrected chi connectivity index (χ0v) is 22.5. The minimum Gasteiger partial charge on any atom is -0.480 e. The summed E-state index contributed by atoms with van der Waals surface area (Å²) in [5.41, 5.74) is 23.5. The number of amides is 4. The fourth-order valence-electron chi connectivity index (χ4n) is 4.82. The number of aromatic nitrogens is 1. The second kappa shape index (κ2) is 14.1. The van der Waals surface area contributed by atoms with Crippen molar-refractivity contribution >= 4 is 46.5 Å². The number of hydrogen-bond acceptors (Lipinski definition) is 7. The summed E-state index contributed by atoms with van der Waals surface area (Å²) in [6.07, 6.45) is 2.73. The van der Waals surface area contributed by atoms with Gasteiger partial charge in [-0.1, -0.05) is 18.2 Å². The van der Waals surface area contributed by atoms with Crippen molar-refractivity contribution in [1.29, 1.82) is 0 Å². The molecular weight excluding hydrogens is 534 g/mol. The third kappa shape index (κ3) is 8.41. The van der Waals surface area contributed by atoms with Crippen LogP contribution in [0, 0.1) is 0 Å². The van der Waals surface area contributed by atoms with E-state index in [1.165, 1.54) is 4.90 Å². The lowest BCUT2D eigenvalue weighted by molar-refractivity contribution is -0.145. The number of primary amides is 1. The van der Waals surface area contributed by atoms with E-state index in [0.29, 0.717) is 19.4 Å². The summed E-state index contributed by atoms with van der Waals surface area (Å²) >= 11 is 0. The highest BCUT2D eigenvalue weighted by atomic mass is 16.4. The number of nitrogens with one attached hydrogen (secondary N) is 3. The van der Waals surface area contributed by atoms with E-state index in [9.17, 15) is 29.1 Å². The smallest absolute Gasteiger partial charge is 0.326 e. The van der Waals surface area contributed by atoms with E-state index in [1.807, 2.05) is 24.3 Å². The molecule has 1 aromatic heterocycles. The summed E-state index contributed by atoms with van der Waals surface area (Å²) in [5.74, 6) is -4.19. The number of carboxylic acid groups (broad SMARTS) is 1. The van der Waals surface area contributed by atoms with Crippen LogP contribution in [0.4, 0.5) is 0 Å². The zero-order chi connectivity index (χ0) is 30.1. The third-order valence-electron chi connectivity index (χ3n) is 6.88. The topological polar surface area (TPSA) is 265 Å². The van der Waals surface area contributed by atoms with Gasteiger partial charge in [-0.25, -0.2) is 4.79 Å². The van der Waals surface area contributed by atoms with Gasteiger partial charge in [0.05, 0.1) is 12.5 Å². The molecule has 1 saturated heterocycles. The van der Waals surface area contributed by atoms with Crippen molar-refractivity contribution < 1.29 is 29.1 Å². The van der Waals surface area contributed by atoms with E-state index >= 15 is 0 Å². The second-order valence-corrected chi connectivity index (χ2v) is 9.94. The van der Waals surface area contributed by atoms with Crippen LogP contribution in [-0.4, -0.2) is 87.8 Å². The summed E-state index contributed by atoms with van der Waals surface area (Å²) < 4.78 is 0. The highest BCUT2D eigenvalue weighted by Crippen LogP contribution is 2.23. The van der Waals surface area contributed by atoms with Crippen LogP contribution in [0.3, 0.4) is 0 Å². The quantitative estimate of drug-likeness (QED) is 0.0707. The van der Waals surface area contributed by atoms with E-state index in [0.717, 1.165) is 16.5 Å². The maximum Gasteiger partial charge on any atom is 0.326 e. The van der Waals surface area contributed by atoms with Crippen LogP contribution in [-0.2, 0) is 30.4 Å². The van der Waals surface area contributed by atoms with Crippen LogP contribution in [0.2, 0.25) is 0 Å². The van der Waals surface area contributed by atoms with Crippen molar-refractivity contribution in [2.75, 3.05) is 13.1 Å². The number of nitrogens with two attached hydrogens (primary N) is 4. The Balaban J connectivity index is 1.80. The predicted molar refractivity (Wildman–Crippen MR) is 150 cm³/mol. The molecule has 15 heteroatoms. The number of carboxylic acids is 1. The molecule has 4 amide bonds. The molecule has 0 bridgehead atoms. The average Bonchev–Trinajstić information content (AvgIpc) is 3.57. The number of H-pyrrole nitrogens is 1. The molecule has 2 heterocycles. The molecule has 3 rings (SSSR count). The van der Waals surface area contributed by atoms with Crippen LogP contribution < -0.4 is 33.6 Å². The number of carbonyl (C=O) groups excluding carboxylic acids is 4. The second-order valence-electron chi connectivity index (χ2n) is 9.94. The highest BCUT2D eigenvalue weighted by Gasteiger charge is 2.39. The highest BCUT2D eigenvalue weighted by molar-refractivity contribution is 5.96. The van der Waals surface area contributed by atoms with Gasteiger partial charge in [-0.15, -0.1) is 0 Å². The van der Waals surface area contributed by atoms with Gasteiger partial charge >= 0.3 is 5.97 Å². The van der Waals surface area contributed by atoms with Gasteiger partial charge in [-0.2, -0.15) is 0 Å². The average molecular weight is 572 g/mol. The SMILES string of the molecule is NC(=O)CC(NC(=O)C1CCCN1C(=O)C(Cc1c[nH]c2ccccc12)NC(=O)C(N)CCCN=C(N)N)C(=O)O. The monoisotopic (exact) mass is 571 g/mol. The number of benzene rings is 1. The normalized spacial score (nSPS) is 16.9. The maximum absolute atomic E-state index is 13.9. The largest absolute Gasteiger partial charge is 0.480 e. The third-order valence-corrected chi connectivity index (χ3v) is 6.88. The van der Waals surface area contributed by atoms with E-state index in [1.54, 1.807) is 6.20 Å². The minimum atomic E-state index is -1.53. The molecule has 0 saturated carbocycles. The molecule has 0 spiro atoms. The lowest BCUT2D eigenvalue weighted by Gasteiger charge is -2.30. The van der Waals surface area contributed by atoms with Crippen molar-refractivity contribution in [3.63, 3.8) is 0 Å². The Labute approximate surface area is 236 Å². The molecule has 1 aliphatic rings. The van der Waals surface area contributed by atoms with Crippen LogP contribution in [0.1, 0.15) is 37.7 Å². The molecule has 1 aromatic carbocycles. The van der Waals surface area contributed by atoms with E-state index in [-0.39, 0.29) is 31.8 Å². The molecule has 222 valence electrons. The molecule has 4 unspecified atom stereocenters. The zero-order valence-electron chi connectivity index (χ0n) is 22.5. The molecule has 0 radical (unpaired) electrons. The minimum absolute atomic E-state index is 0.0686. The number of fused-ring (bicyclic) bond motifs is 1. The Morgan fingerprint density at radius 3 is 2.51 bits per heavy atom. The van der Waals surface area contributed by atoms with Crippen LogP contribution in [0.25, 0.3) is 10.9 Å². The van der Waals surface area contributed by atoms with Gasteiger partial charge in [0.1, 0.15) is 18.1 Å². The number of aliphatic carboxylic acids is 1. The van der Waals surface area contributed by atoms with Crippen LogP contribution in [0.15, 0.2) is 35.5 Å². The molecule has 1 fully saturated rings. The van der Waals surface area contributed by atoms with Gasteiger partial charge in [-0.05, 0) is 37.3 Å². The van der Waals surface area contributed by atoms with Crippen LogP contribution in [0.5, 0.6) is 0 Å². The van der Waals surface area contributed by atoms with Gasteiger partial charge < -0.3 is 48.6 Å². The fraction of sp³-hybridized carbons (Fsp3) is 0.462. The molecule has 1 aliphatic heterocycles. The lowest BCUT2D eigenvalue weighted by Crippen LogP contribution is -2.57. The van der Waals surface area contributed by atoms with Gasteiger partial charge in [0, 0.05) is 36.6 Å². The van der Waals surface area contributed by atoms with E-state index < -0.39 is 60.2 Å². The summed E-state index contributed by atoms with van der Waals surface area (Å²) in [6, 6.07) is 2.95. The van der Waals surface area contributed by atoms with E-state index in [2.05, 4.69) is 20.6 Å². The van der Waals surface area contributed by atoms with Crippen molar-refractivity contribution in [2.45, 2.75) is 62.7 Å². The standard InChI is InChI=1S/C26H37N9O6/c27-16(6-3-9-31-26(29)30)22(37)33-18(11-14-13-32-17-7-2-1-5-15(14)17)24(39)35-10-4-8-20(35)23(38)34-19(25(40)41)12-21(28)36/h1-2,5,7,13,16,18-20,32H,3-4,6,8-12,27H2,(H2,28,36)(H,33,37)(H,34,38)(H,40,41)(H4,29,30,31).